The molecule has 1 saturated carbocycles. The van der Waals surface area contributed by atoms with E-state index in [1.807, 2.05) is 24.3 Å². The second-order valence-electron chi connectivity index (χ2n) is 8.27. The lowest BCUT2D eigenvalue weighted by molar-refractivity contribution is 0.303. The molecular weight excluding hydrogens is 412 g/mol. The molecule has 0 aliphatic heterocycles. The van der Waals surface area contributed by atoms with Crippen LogP contribution in [0.2, 0.25) is 5.02 Å². The van der Waals surface area contributed by atoms with E-state index in [-0.39, 0.29) is 0 Å². The van der Waals surface area contributed by atoms with Gasteiger partial charge in [0.15, 0.2) is 5.82 Å². The van der Waals surface area contributed by atoms with E-state index in [9.17, 15) is 0 Å². The van der Waals surface area contributed by atoms with Crippen molar-refractivity contribution >= 4 is 23.1 Å². The van der Waals surface area contributed by atoms with Crippen molar-refractivity contribution in [2.45, 2.75) is 57.3 Å². The number of aromatic nitrogens is 2. The minimum atomic E-state index is 0.582. The number of benzene rings is 2. The summed E-state index contributed by atoms with van der Waals surface area (Å²) in [6.45, 7) is 0. The van der Waals surface area contributed by atoms with Crippen LogP contribution in [-0.2, 0) is 6.42 Å². The van der Waals surface area contributed by atoms with E-state index >= 15 is 0 Å². The summed E-state index contributed by atoms with van der Waals surface area (Å²) in [6, 6.07) is 16.3. The second kappa shape index (κ2) is 10.4. The van der Waals surface area contributed by atoms with E-state index in [2.05, 4.69) is 28.6 Å². The van der Waals surface area contributed by atoms with E-state index < -0.39 is 0 Å². The van der Waals surface area contributed by atoms with Crippen LogP contribution in [0.15, 0.2) is 48.5 Å². The summed E-state index contributed by atoms with van der Waals surface area (Å²) in [6.07, 6.45) is 10.3. The third-order valence-corrected chi connectivity index (χ3v) is 7.35. The number of rotatable bonds is 8. The van der Waals surface area contributed by atoms with Crippen LogP contribution < -0.4 is 4.74 Å². The average Bonchev–Trinajstić information content (AvgIpc) is 3.28. The number of ether oxygens (including phenoxy) is 1. The maximum Gasteiger partial charge on any atom is 0.173 e. The molecule has 1 fully saturated rings. The number of unbranched alkanes of at least 4 members (excludes halogenated alkanes) is 1. The van der Waals surface area contributed by atoms with Gasteiger partial charge in [0.05, 0.1) is 7.11 Å². The first-order valence-electron chi connectivity index (χ1n) is 10.9. The summed E-state index contributed by atoms with van der Waals surface area (Å²) in [5.41, 5.74) is 2.46. The molecule has 0 unspecified atom stereocenters. The van der Waals surface area contributed by atoms with Crippen LogP contribution in [0.1, 0.15) is 61.4 Å². The Morgan fingerprint density at radius 1 is 0.967 bits per heavy atom. The van der Waals surface area contributed by atoms with Crippen LogP contribution in [0, 0.1) is 5.92 Å². The Balaban J connectivity index is 1.19. The molecule has 1 aliphatic carbocycles. The van der Waals surface area contributed by atoms with Crippen molar-refractivity contribution in [3.8, 4) is 17.1 Å². The summed E-state index contributed by atoms with van der Waals surface area (Å²) in [7, 11) is 1.72. The molecule has 1 heterocycles. The average molecular weight is 441 g/mol. The van der Waals surface area contributed by atoms with Gasteiger partial charge in [0.1, 0.15) is 10.8 Å². The van der Waals surface area contributed by atoms with Crippen molar-refractivity contribution in [1.82, 2.24) is 9.36 Å². The highest BCUT2D eigenvalue weighted by Crippen LogP contribution is 2.39. The van der Waals surface area contributed by atoms with Crippen LogP contribution in [0.25, 0.3) is 11.4 Å². The van der Waals surface area contributed by atoms with Crippen LogP contribution >= 0.6 is 23.1 Å². The van der Waals surface area contributed by atoms with Crippen molar-refractivity contribution in [1.29, 1.82) is 0 Å². The van der Waals surface area contributed by atoms with Gasteiger partial charge >= 0.3 is 0 Å². The van der Waals surface area contributed by atoms with Crippen molar-refractivity contribution in [2.24, 2.45) is 5.92 Å². The maximum atomic E-state index is 5.98. The fourth-order valence-corrected chi connectivity index (χ4v) is 5.33. The van der Waals surface area contributed by atoms with E-state index in [1.54, 1.807) is 18.6 Å². The Morgan fingerprint density at radius 3 is 2.40 bits per heavy atom. The summed E-state index contributed by atoms with van der Waals surface area (Å²) in [5, 5.41) is 1.95. The first-order valence-corrected chi connectivity index (χ1v) is 12.1. The first kappa shape index (κ1) is 21.3. The first-order chi connectivity index (χ1) is 14.7. The minimum absolute atomic E-state index is 0.582. The molecule has 1 aromatic heterocycles. The van der Waals surface area contributed by atoms with Crippen molar-refractivity contribution in [3.05, 3.63) is 64.1 Å². The van der Waals surface area contributed by atoms with Crippen LogP contribution in [0.5, 0.6) is 5.75 Å². The third-order valence-electron chi connectivity index (χ3n) is 6.23. The van der Waals surface area contributed by atoms with Gasteiger partial charge in [-0.05, 0) is 97.9 Å². The predicted octanol–water partition coefficient (Wildman–Crippen LogP) is 7.55. The Kier molecular flexibility index (Phi) is 7.40. The molecule has 30 heavy (non-hydrogen) atoms. The molecule has 0 atom stereocenters. The van der Waals surface area contributed by atoms with Gasteiger partial charge in [-0.3, -0.25) is 0 Å². The van der Waals surface area contributed by atoms with Gasteiger partial charge in [0, 0.05) is 16.5 Å². The number of aryl methyl sites for hydroxylation is 1. The second-order valence-corrected chi connectivity index (χ2v) is 9.49. The molecule has 1 aliphatic rings. The molecule has 4 rings (SSSR count). The largest absolute Gasteiger partial charge is 0.497 e. The Bertz CT molecular complexity index is 915. The lowest BCUT2D eigenvalue weighted by Gasteiger charge is -2.27. The predicted molar refractivity (Wildman–Crippen MR) is 126 cm³/mol. The molecule has 3 nitrogen and oxygen atoms in total. The third kappa shape index (κ3) is 5.61. The zero-order valence-electron chi connectivity index (χ0n) is 17.5. The lowest BCUT2D eigenvalue weighted by Crippen LogP contribution is -2.13. The molecule has 0 saturated heterocycles. The maximum absolute atomic E-state index is 5.98. The van der Waals surface area contributed by atoms with Gasteiger partial charge in [0.25, 0.3) is 0 Å². The summed E-state index contributed by atoms with van der Waals surface area (Å²) in [5.74, 6) is 3.23. The quantitative estimate of drug-likeness (QED) is 0.339. The summed E-state index contributed by atoms with van der Waals surface area (Å²) in [4.78, 5) is 4.84. The molecule has 3 aromatic rings. The minimum Gasteiger partial charge on any atom is -0.497 e. The molecule has 2 aromatic carbocycles. The zero-order valence-corrected chi connectivity index (χ0v) is 19.1. The number of halogens is 1. The van der Waals surface area contributed by atoms with E-state index in [0.29, 0.717) is 5.92 Å². The Morgan fingerprint density at radius 2 is 1.70 bits per heavy atom. The van der Waals surface area contributed by atoms with Gasteiger partial charge < -0.3 is 4.74 Å². The molecular formula is C25H29ClN2OS. The normalized spacial score (nSPS) is 19.0. The number of methoxy groups -OCH3 is 1. The molecule has 0 spiro atoms. The smallest absolute Gasteiger partial charge is 0.173 e. The van der Waals surface area contributed by atoms with E-state index in [4.69, 9.17) is 21.3 Å². The zero-order chi connectivity index (χ0) is 20.8. The van der Waals surface area contributed by atoms with Crippen LogP contribution in [0.3, 0.4) is 0 Å². The van der Waals surface area contributed by atoms with Gasteiger partial charge in [0.2, 0.25) is 0 Å². The van der Waals surface area contributed by atoms with Gasteiger partial charge in [-0.25, -0.2) is 4.98 Å². The van der Waals surface area contributed by atoms with Crippen molar-refractivity contribution in [3.63, 3.8) is 0 Å². The fourth-order valence-electron chi connectivity index (χ4n) is 4.37. The standard InChI is InChI=1S/C25H29ClN2OS/c1-29-23-16-8-19(9-17-23)5-3-2-4-18-6-10-21(11-7-18)25-27-24(28-30-25)20-12-14-22(26)15-13-20/h8-9,12-18,21H,2-7,10-11H2,1H3. The molecule has 5 heteroatoms. The number of hydrogen-bond acceptors (Lipinski definition) is 4. The lowest BCUT2D eigenvalue weighted by atomic mass is 9.80. The Hall–Kier alpha value is -1.91. The SMILES string of the molecule is COc1ccc(CCCCC2CCC(c3nc(-c4ccc(Cl)cc4)ns3)CC2)cc1. The number of hydrogen-bond donors (Lipinski definition) is 0. The van der Waals surface area contributed by atoms with Crippen molar-refractivity contribution < 1.29 is 4.74 Å². The monoisotopic (exact) mass is 440 g/mol. The van der Waals surface area contributed by atoms with E-state index in [0.717, 1.165) is 34.5 Å². The van der Waals surface area contributed by atoms with Crippen LogP contribution in [0.4, 0.5) is 0 Å². The van der Waals surface area contributed by atoms with Gasteiger partial charge in [-0.1, -0.05) is 36.6 Å². The number of nitrogens with zero attached hydrogens (tertiary/aromatic N) is 2. The van der Waals surface area contributed by atoms with E-state index in [1.165, 1.54) is 55.5 Å². The highest BCUT2D eigenvalue weighted by molar-refractivity contribution is 7.05. The Labute approximate surface area is 188 Å². The molecule has 0 N–H and O–H groups in total. The topological polar surface area (TPSA) is 35.0 Å². The summed E-state index contributed by atoms with van der Waals surface area (Å²) < 4.78 is 9.82. The molecule has 0 radical (unpaired) electrons. The molecule has 158 valence electrons. The van der Waals surface area contributed by atoms with Crippen LogP contribution in [-0.4, -0.2) is 16.5 Å². The fraction of sp³-hybridized carbons (Fsp3) is 0.440. The summed E-state index contributed by atoms with van der Waals surface area (Å²) >= 11 is 7.56. The highest BCUT2D eigenvalue weighted by atomic mass is 35.5. The highest BCUT2D eigenvalue weighted by Gasteiger charge is 2.25. The van der Waals surface area contributed by atoms with Crippen molar-refractivity contribution in [2.75, 3.05) is 7.11 Å². The van der Waals surface area contributed by atoms with Gasteiger partial charge in [-0.15, -0.1) is 0 Å². The molecule has 0 amide bonds. The molecule has 0 bridgehead atoms. The van der Waals surface area contributed by atoms with Gasteiger partial charge in [-0.2, -0.15) is 4.37 Å².